The highest BCUT2D eigenvalue weighted by molar-refractivity contribution is 5.66. The summed E-state index contributed by atoms with van der Waals surface area (Å²) in [6.45, 7) is 6.82. The molecule has 0 N–H and O–H groups in total. The van der Waals surface area contributed by atoms with Crippen LogP contribution in [-0.2, 0) is 28.5 Å². The van der Waals surface area contributed by atoms with Crippen LogP contribution in [0.25, 0.3) is 0 Å². The van der Waals surface area contributed by atoms with E-state index in [1.54, 1.807) is 0 Å². The van der Waals surface area contributed by atoms with Crippen molar-refractivity contribution in [3.05, 3.63) is 0 Å². The van der Waals surface area contributed by atoms with Gasteiger partial charge in [-0.2, -0.15) is 0 Å². The second kappa shape index (κ2) is 6.86. The predicted molar refractivity (Wildman–Crippen MR) is 66.2 cm³/mol. The Hall–Kier alpha value is -1.14. The Morgan fingerprint density at radius 1 is 1.11 bits per heavy atom. The summed E-state index contributed by atoms with van der Waals surface area (Å²) in [7, 11) is 1.49. The highest BCUT2D eigenvalue weighted by Gasteiger charge is 2.44. The minimum Gasteiger partial charge on any atom is -0.463 e. The molecule has 0 bridgehead atoms. The van der Waals surface area contributed by atoms with Gasteiger partial charge in [0.05, 0.1) is 6.10 Å². The van der Waals surface area contributed by atoms with Crippen molar-refractivity contribution in [1.82, 2.24) is 0 Å². The molecule has 5 atom stereocenters. The Kier molecular flexibility index (Phi) is 5.75. The fourth-order valence-corrected chi connectivity index (χ4v) is 2.19. The van der Waals surface area contributed by atoms with E-state index in [4.69, 9.17) is 18.9 Å². The summed E-state index contributed by atoms with van der Waals surface area (Å²) >= 11 is 0. The van der Waals surface area contributed by atoms with E-state index in [-0.39, 0.29) is 36.5 Å². The molecular formula is C13H22O6. The van der Waals surface area contributed by atoms with Gasteiger partial charge in [0.1, 0.15) is 6.61 Å². The highest BCUT2D eigenvalue weighted by Crippen LogP contribution is 2.33. The van der Waals surface area contributed by atoms with Gasteiger partial charge in [0, 0.05) is 26.9 Å². The Morgan fingerprint density at radius 2 is 1.74 bits per heavy atom. The second-order valence-corrected chi connectivity index (χ2v) is 4.87. The van der Waals surface area contributed by atoms with Gasteiger partial charge in [0.15, 0.2) is 12.4 Å². The number of rotatable bonds is 4. The van der Waals surface area contributed by atoms with Crippen LogP contribution in [0.15, 0.2) is 0 Å². The smallest absolute Gasteiger partial charge is 0.303 e. The van der Waals surface area contributed by atoms with Crippen molar-refractivity contribution < 1.29 is 28.5 Å². The Balaban J connectivity index is 2.72. The van der Waals surface area contributed by atoms with Crippen molar-refractivity contribution in [2.24, 2.45) is 11.8 Å². The molecule has 0 aromatic heterocycles. The van der Waals surface area contributed by atoms with Gasteiger partial charge in [0.2, 0.25) is 0 Å². The first-order valence-corrected chi connectivity index (χ1v) is 6.35. The van der Waals surface area contributed by atoms with E-state index in [9.17, 15) is 9.59 Å². The maximum atomic E-state index is 11.1. The molecule has 0 amide bonds. The topological polar surface area (TPSA) is 71.1 Å². The zero-order valence-corrected chi connectivity index (χ0v) is 12.0. The van der Waals surface area contributed by atoms with Gasteiger partial charge in [-0.3, -0.25) is 9.59 Å². The molecule has 0 aliphatic carbocycles. The van der Waals surface area contributed by atoms with Crippen molar-refractivity contribution in [1.29, 1.82) is 0 Å². The number of hydrogen-bond acceptors (Lipinski definition) is 6. The fraction of sp³-hybridized carbons (Fsp3) is 0.846. The molecule has 0 saturated carbocycles. The van der Waals surface area contributed by atoms with Crippen LogP contribution in [0.5, 0.6) is 0 Å². The van der Waals surface area contributed by atoms with E-state index in [1.807, 2.05) is 13.8 Å². The number of ether oxygens (including phenoxy) is 4. The van der Waals surface area contributed by atoms with Crippen LogP contribution in [0.3, 0.4) is 0 Å². The molecule has 1 rings (SSSR count). The Labute approximate surface area is 113 Å². The number of hydrogen-bond donors (Lipinski definition) is 0. The van der Waals surface area contributed by atoms with E-state index >= 15 is 0 Å². The summed E-state index contributed by atoms with van der Waals surface area (Å²) in [5.74, 6) is -0.592. The first-order chi connectivity index (χ1) is 8.86. The Bertz CT molecular complexity index is 325. The maximum Gasteiger partial charge on any atom is 0.303 e. The lowest BCUT2D eigenvalue weighted by Gasteiger charge is -2.42. The molecule has 2 unspecified atom stereocenters. The van der Waals surface area contributed by atoms with Gasteiger partial charge in [0.25, 0.3) is 0 Å². The van der Waals surface area contributed by atoms with Gasteiger partial charge in [-0.05, 0) is 5.92 Å². The first-order valence-electron chi connectivity index (χ1n) is 6.35. The average Bonchev–Trinajstić information content (AvgIpc) is 2.33. The number of esters is 2. The van der Waals surface area contributed by atoms with Crippen LogP contribution < -0.4 is 0 Å². The SMILES string of the molecule is CO[C@@H]1OC(COC(C)=O)[C@H](C)[C@H](C)C1OC(C)=O. The molecule has 19 heavy (non-hydrogen) atoms. The van der Waals surface area contributed by atoms with Crippen molar-refractivity contribution >= 4 is 11.9 Å². The number of methoxy groups -OCH3 is 1. The molecule has 1 saturated heterocycles. The predicted octanol–water partition coefficient (Wildman–Crippen LogP) is 1.12. The third-order valence-corrected chi connectivity index (χ3v) is 3.50. The van der Waals surface area contributed by atoms with Crippen LogP contribution in [0.2, 0.25) is 0 Å². The lowest BCUT2D eigenvalue weighted by atomic mass is 9.83. The van der Waals surface area contributed by atoms with Crippen molar-refractivity contribution in [3.63, 3.8) is 0 Å². The van der Waals surface area contributed by atoms with Crippen molar-refractivity contribution in [3.8, 4) is 0 Å². The number of carbonyl (C=O) groups is 2. The van der Waals surface area contributed by atoms with Gasteiger partial charge >= 0.3 is 11.9 Å². The number of carbonyl (C=O) groups excluding carboxylic acids is 2. The van der Waals surface area contributed by atoms with Gasteiger partial charge in [-0.1, -0.05) is 13.8 Å². The summed E-state index contributed by atoms with van der Waals surface area (Å²) in [6.07, 6.45) is -1.36. The highest BCUT2D eigenvalue weighted by atomic mass is 16.7. The van der Waals surface area contributed by atoms with E-state index in [0.29, 0.717) is 0 Å². The molecule has 0 radical (unpaired) electrons. The van der Waals surface area contributed by atoms with E-state index in [2.05, 4.69) is 0 Å². The molecule has 1 aliphatic rings. The van der Waals surface area contributed by atoms with Gasteiger partial charge in [-0.25, -0.2) is 0 Å². The summed E-state index contributed by atoms with van der Waals surface area (Å²) in [5, 5.41) is 0. The molecule has 0 spiro atoms. The third kappa shape index (κ3) is 4.18. The maximum absolute atomic E-state index is 11.1. The molecule has 1 fully saturated rings. The molecule has 1 heterocycles. The first kappa shape index (κ1) is 15.9. The summed E-state index contributed by atoms with van der Waals surface area (Å²) in [4.78, 5) is 22.0. The molecule has 6 nitrogen and oxygen atoms in total. The molecule has 6 heteroatoms. The average molecular weight is 274 g/mol. The Morgan fingerprint density at radius 3 is 2.21 bits per heavy atom. The standard InChI is InChI=1S/C13H22O6/c1-7-8(2)12(18-10(4)15)13(16-5)19-11(7)6-17-9(3)14/h7-8,11-13H,6H2,1-5H3/t7-,8+,11?,12?,13-/m1/s1. The third-order valence-electron chi connectivity index (χ3n) is 3.50. The quantitative estimate of drug-likeness (QED) is 0.716. The minimum absolute atomic E-state index is 0.0446. The zero-order valence-electron chi connectivity index (χ0n) is 12.0. The van der Waals surface area contributed by atoms with Crippen LogP contribution in [0, 0.1) is 11.8 Å². The van der Waals surface area contributed by atoms with Crippen LogP contribution in [0.4, 0.5) is 0 Å². The minimum atomic E-state index is -0.643. The van der Waals surface area contributed by atoms with E-state index < -0.39 is 12.4 Å². The summed E-state index contributed by atoms with van der Waals surface area (Å²) < 4.78 is 21.2. The molecule has 1 aliphatic heterocycles. The van der Waals surface area contributed by atoms with Crippen LogP contribution in [0.1, 0.15) is 27.7 Å². The van der Waals surface area contributed by atoms with E-state index in [1.165, 1.54) is 21.0 Å². The van der Waals surface area contributed by atoms with E-state index in [0.717, 1.165) is 0 Å². The largest absolute Gasteiger partial charge is 0.463 e. The summed E-state index contributed by atoms with van der Waals surface area (Å²) in [6, 6.07) is 0. The lowest BCUT2D eigenvalue weighted by molar-refractivity contribution is -0.272. The molecule has 0 aromatic rings. The zero-order chi connectivity index (χ0) is 14.6. The fourth-order valence-electron chi connectivity index (χ4n) is 2.19. The molecular weight excluding hydrogens is 252 g/mol. The van der Waals surface area contributed by atoms with Crippen molar-refractivity contribution in [2.45, 2.75) is 46.2 Å². The van der Waals surface area contributed by atoms with Crippen molar-refractivity contribution in [2.75, 3.05) is 13.7 Å². The van der Waals surface area contributed by atoms with Crippen LogP contribution >= 0.6 is 0 Å². The van der Waals surface area contributed by atoms with Gasteiger partial charge < -0.3 is 18.9 Å². The molecule has 110 valence electrons. The van der Waals surface area contributed by atoms with Crippen LogP contribution in [-0.4, -0.2) is 44.2 Å². The normalized spacial score (nSPS) is 34.7. The monoisotopic (exact) mass is 274 g/mol. The van der Waals surface area contributed by atoms with Gasteiger partial charge in [-0.15, -0.1) is 0 Å². The lowest BCUT2D eigenvalue weighted by Crippen LogP contribution is -2.53. The second-order valence-electron chi connectivity index (χ2n) is 4.87. The molecule has 0 aromatic carbocycles. The summed E-state index contributed by atoms with van der Waals surface area (Å²) in [5.41, 5.74) is 0.